The van der Waals surface area contributed by atoms with Crippen LogP contribution in [0.2, 0.25) is 0 Å². The van der Waals surface area contributed by atoms with Crippen LogP contribution in [0, 0.1) is 5.41 Å². The Hall–Kier alpha value is -0.120. The van der Waals surface area contributed by atoms with Crippen molar-refractivity contribution in [3.05, 3.63) is 0 Å². The van der Waals surface area contributed by atoms with Crippen LogP contribution in [0.25, 0.3) is 0 Å². The Morgan fingerprint density at radius 3 is 2.05 bits per heavy atom. The van der Waals surface area contributed by atoms with Gasteiger partial charge in [-0.05, 0) is 52.6 Å². The second-order valence-electron chi connectivity index (χ2n) is 7.79. The van der Waals surface area contributed by atoms with Crippen LogP contribution in [0.5, 0.6) is 0 Å². The van der Waals surface area contributed by atoms with Gasteiger partial charge in [-0.2, -0.15) is 0 Å². The Kier molecular flexibility index (Phi) is 8.88. The molecule has 0 bridgehead atoms. The van der Waals surface area contributed by atoms with E-state index in [1.165, 1.54) is 0 Å². The second-order valence-corrected chi connectivity index (χ2v) is 7.79. The van der Waals surface area contributed by atoms with E-state index >= 15 is 0 Å². The Morgan fingerprint density at radius 2 is 1.53 bits per heavy atom. The van der Waals surface area contributed by atoms with Gasteiger partial charge in [0.2, 0.25) is 0 Å². The van der Waals surface area contributed by atoms with E-state index in [1.807, 2.05) is 0 Å². The molecular weight excluding hydrogens is 236 g/mol. The van der Waals surface area contributed by atoms with Gasteiger partial charge in [-0.15, -0.1) is 0 Å². The standard InChI is InChI=1S/C16H36N2O/c1-15(2,3)14-18(7)11-9-13-19-12-8-10-17-16(4,5)6/h17H,8-14H2,1-7H3. The van der Waals surface area contributed by atoms with Gasteiger partial charge >= 0.3 is 0 Å². The third-order valence-electron chi connectivity index (χ3n) is 2.69. The number of nitrogens with zero attached hydrogens (tertiary/aromatic N) is 1. The molecule has 3 heteroatoms. The average Bonchev–Trinajstić information content (AvgIpc) is 2.17. The molecule has 0 aliphatic rings. The molecule has 0 aliphatic heterocycles. The van der Waals surface area contributed by atoms with E-state index in [1.54, 1.807) is 0 Å². The highest BCUT2D eigenvalue weighted by Gasteiger charge is 2.12. The molecule has 3 nitrogen and oxygen atoms in total. The number of ether oxygens (including phenoxy) is 1. The Balaban J connectivity index is 3.32. The molecular formula is C16H36N2O. The van der Waals surface area contributed by atoms with Crippen LogP contribution >= 0.6 is 0 Å². The largest absolute Gasteiger partial charge is 0.381 e. The minimum absolute atomic E-state index is 0.218. The molecule has 0 aromatic heterocycles. The van der Waals surface area contributed by atoms with Gasteiger partial charge in [0.1, 0.15) is 0 Å². The molecule has 0 radical (unpaired) electrons. The Morgan fingerprint density at radius 1 is 0.947 bits per heavy atom. The summed E-state index contributed by atoms with van der Waals surface area (Å²) in [5.74, 6) is 0. The van der Waals surface area contributed by atoms with Crippen molar-refractivity contribution in [1.82, 2.24) is 10.2 Å². The van der Waals surface area contributed by atoms with E-state index in [-0.39, 0.29) is 5.54 Å². The summed E-state index contributed by atoms with van der Waals surface area (Å²) in [6.07, 6.45) is 2.22. The summed E-state index contributed by atoms with van der Waals surface area (Å²) in [6, 6.07) is 0. The molecule has 0 saturated carbocycles. The molecule has 0 amide bonds. The molecule has 0 saturated heterocycles. The summed E-state index contributed by atoms with van der Waals surface area (Å²) in [7, 11) is 2.19. The molecule has 0 unspecified atom stereocenters. The Bertz CT molecular complexity index is 216. The first-order valence-corrected chi connectivity index (χ1v) is 7.61. The smallest absolute Gasteiger partial charge is 0.0478 e. The van der Waals surface area contributed by atoms with E-state index in [4.69, 9.17) is 4.74 Å². The lowest BCUT2D eigenvalue weighted by molar-refractivity contribution is 0.115. The number of rotatable bonds is 9. The summed E-state index contributed by atoms with van der Waals surface area (Å²) in [4.78, 5) is 2.39. The van der Waals surface area contributed by atoms with Gasteiger partial charge in [0, 0.05) is 31.8 Å². The van der Waals surface area contributed by atoms with Crippen LogP contribution in [0.4, 0.5) is 0 Å². The van der Waals surface area contributed by atoms with Crippen LogP contribution in [-0.4, -0.2) is 50.3 Å². The van der Waals surface area contributed by atoms with E-state index in [9.17, 15) is 0 Å². The molecule has 0 aromatic rings. The molecule has 1 N–H and O–H groups in total. The second kappa shape index (κ2) is 8.93. The lowest BCUT2D eigenvalue weighted by Gasteiger charge is -2.26. The quantitative estimate of drug-likeness (QED) is 0.653. The third kappa shape index (κ3) is 15.8. The van der Waals surface area contributed by atoms with Crippen LogP contribution in [-0.2, 0) is 4.74 Å². The molecule has 0 fully saturated rings. The van der Waals surface area contributed by atoms with Crippen molar-refractivity contribution in [3.63, 3.8) is 0 Å². The van der Waals surface area contributed by atoms with Crippen molar-refractivity contribution >= 4 is 0 Å². The van der Waals surface area contributed by atoms with Gasteiger partial charge in [-0.1, -0.05) is 20.8 Å². The molecule has 116 valence electrons. The predicted octanol–water partition coefficient (Wildman–Crippen LogP) is 3.15. The zero-order chi connectivity index (χ0) is 14.9. The predicted molar refractivity (Wildman–Crippen MR) is 84.8 cm³/mol. The molecule has 0 heterocycles. The topological polar surface area (TPSA) is 24.5 Å². The molecule has 0 spiro atoms. The molecule has 0 aromatic carbocycles. The lowest BCUT2D eigenvalue weighted by atomic mass is 9.96. The van der Waals surface area contributed by atoms with Crippen LogP contribution in [0.1, 0.15) is 54.4 Å². The van der Waals surface area contributed by atoms with Gasteiger partial charge in [0.25, 0.3) is 0 Å². The van der Waals surface area contributed by atoms with Crippen molar-refractivity contribution in [1.29, 1.82) is 0 Å². The number of hydrogen-bond acceptors (Lipinski definition) is 3. The summed E-state index contributed by atoms with van der Waals surface area (Å²) >= 11 is 0. The summed E-state index contributed by atoms with van der Waals surface area (Å²) < 4.78 is 5.66. The van der Waals surface area contributed by atoms with Crippen molar-refractivity contribution < 1.29 is 4.74 Å². The maximum atomic E-state index is 5.66. The van der Waals surface area contributed by atoms with Gasteiger partial charge in [-0.3, -0.25) is 0 Å². The molecule has 19 heavy (non-hydrogen) atoms. The van der Waals surface area contributed by atoms with E-state index in [2.05, 4.69) is 58.8 Å². The fourth-order valence-corrected chi connectivity index (χ4v) is 2.07. The minimum atomic E-state index is 0.218. The van der Waals surface area contributed by atoms with Crippen molar-refractivity contribution in [2.75, 3.05) is 39.9 Å². The summed E-state index contributed by atoms with van der Waals surface area (Å²) in [5, 5.41) is 3.47. The van der Waals surface area contributed by atoms with Crippen molar-refractivity contribution in [2.45, 2.75) is 59.9 Å². The fraction of sp³-hybridized carbons (Fsp3) is 1.00. The maximum absolute atomic E-state index is 5.66. The maximum Gasteiger partial charge on any atom is 0.0478 e. The highest BCUT2D eigenvalue weighted by molar-refractivity contribution is 4.69. The highest BCUT2D eigenvalue weighted by Crippen LogP contribution is 2.13. The van der Waals surface area contributed by atoms with E-state index < -0.39 is 0 Å². The van der Waals surface area contributed by atoms with Gasteiger partial charge < -0.3 is 15.0 Å². The van der Waals surface area contributed by atoms with Crippen LogP contribution < -0.4 is 5.32 Å². The van der Waals surface area contributed by atoms with Gasteiger partial charge in [0.05, 0.1) is 0 Å². The first-order chi connectivity index (χ1) is 8.60. The van der Waals surface area contributed by atoms with Gasteiger partial charge in [0.15, 0.2) is 0 Å². The summed E-state index contributed by atoms with van der Waals surface area (Å²) in [5.41, 5.74) is 0.601. The number of hydrogen-bond donors (Lipinski definition) is 1. The summed E-state index contributed by atoms with van der Waals surface area (Å²) in [6.45, 7) is 18.5. The van der Waals surface area contributed by atoms with Crippen molar-refractivity contribution in [3.8, 4) is 0 Å². The molecule has 0 rings (SSSR count). The SMILES string of the molecule is CN(CCCOCCCNC(C)(C)C)CC(C)(C)C. The Labute approximate surface area is 121 Å². The van der Waals surface area contributed by atoms with Crippen LogP contribution in [0.15, 0.2) is 0 Å². The van der Waals surface area contributed by atoms with Gasteiger partial charge in [-0.25, -0.2) is 0 Å². The zero-order valence-electron chi connectivity index (χ0n) is 14.3. The highest BCUT2D eigenvalue weighted by atomic mass is 16.5. The first-order valence-electron chi connectivity index (χ1n) is 7.61. The fourth-order valence-electron chi connectivity index (χ4n) is 2.07. The molecule has 0 atom stereocenters. The third-order valence-corrected chi connectivity index (χ3v) is 2.69. The minimum Gasteiger partial charge on any atom is -0.381 e. The lowest BCUT2D eigenvalue weighted by Crippen LogP contribution is -2.36. The average molecular weight is 272 g/mol. The number of nitrogens with one attached hydrogen (secondary N) is 1. The monoisotopic (exact) mass is 272 g/mol. The first kappa shape index (κ1) is 18.9. The zero-order valence-corrected chi connectivity index (χ0v) is 14.3. The van der Waals surface area contributed by atoms with E-state index in [0.29, 0.717) is 5.41 Å². The van der Waals surface area contributed by atoms with Crippen molar-refractivity contribution in [2.24, 2.45) is 5.41 Å². The molecule has 0 aliphatic carbocycles. The normalized spacial score (nSPS) is 13.3. The van der Waals surface area contributed by atoms with E-state index in [0.717, 1.165) is 45.7 Å². The van der Waals surface area contributed by atoms with Crippen LogP contribution in [0.3, 0.4) is 0 Å².